The van der Waals surface area contributed by atoms with Crippen molar-refractivity contribution in [1.29, 1.82) is 0 Å². The topological polar surface area (TPSA) is 49.4 Å². The van der Waals surface area contributed by atoms with Gasteiger partial charge >= 0.3 is 0 Å². The molecule has 0 saturated heterocycles. The van der Waals surface area contributed by atoms with Gasteiger partial charge in [0.15, 0.2) is 0 Å². The summed E-state index contributed by atoms with van der Waals surface area (Å²) in [5, 5.41) is 3.34. The van der Waals surface area contributed by atoms with Crippen LogP contribution >= 0.6 is 0 Å². The van der Waals surface area contributed by atoms with E-state index in [9.17, 15) is 8.42 Å². The largest absolute Gasteiger partial charge is 0.313 e. The summed E-state index contributed by atoms with van der Waals surface area (Å²) in [7, 11) is 0.0732. The number of sulfonamides is 1. The van der Waals surface area contributed by atoms with Crippen molar-refractivity contribution < 1.29 is 8.42 Å². The standard InChI is InChI=1S/C15H24N2O2S/c1-12-5-4-6-13(9-12)14-10-15(11-14)16-7-8-20(18,19)17(2)3/h4-6,9,14-16H,7-8,10-11H2,1-3H3. The van der Waals surface area contributed by atoms with Gasteiger partial charge in [-0.25, -0.2) is 12.7 Å². The Morgan fingerprint density at radius 2 is 2.00 bits per heavy atom. The highest BCUT2D eigenvalue weighted by Crippen LogP contribution is 2.36. The molecule has 0 aromatic heterocycles. The van der Waals surface area contributed by atoms with Crippen LogP contribution in [0.5, 0.6) is 0 Å². The fraction of sp³-hybridized carbons (Fsp3) is 0.600. The first-order valence-electron chi connectivity index (χ1n) is 7.08. The third-order valence-electron chi connectivity index (χ3n) is 4.00. The van der Waals surface area contributed by atoms with Gasteiger partial charge in [0.25, 0.3) is 0 Å². The van der Waals surface area contributed by atoms with Crippen LogP contribution in [0.15, 0.2) is 24.3 Å². The highest BCUT2D eigenvalue weighted by molar-refractivity contribution is 7.89. The van der Waals surface area contributed by atoms with Gasteiger partial charge in [0, 0.05) is 26.7 Å². The first-order chi connectivity index (χ1) is 9.38. The summed E-state index contributed by atoms with van der Waals surface area (Å²) < 4.78 is 24.5. The van der Waals surface area contributed by atoms with Crippen molar-refractivity contribution >= 4 is 10.0 Å². The molecular formula is C15H24N2O2S. The molecule has 1 aliphatic rings. The summed E-state index contributed by atoms with van der Waals surface area (Å²) in [5.74, 6) is 0.795. The van der Waals surface area contributed by atoms with Crippen LogP contribution in [-0.4, -0.2) is 45.2 Å². The van der Waals surface area contributed by atoms with Gasteiger partial charge in [-0.3, -0.25) is 0 Å². The molecule has 1 N–H and O–H groups in total. The molecule has 0 atom stereocenters. The molecule has 1 saturated carbocycles. The fourth-order valence-electron chi connectivity index (χ4n) is 2.56. The molecule has 0 heterocycles. The molecule has 0 aliphatic heterocycles. The second kappa shape index (κ2) is 6.24. The lowest BCUT2D eigenvalue weighted by Crippen LogP contribution is -2.43. The normalized spacial score (nSPS) is 22.8. The van der Waals surface area contributed by atoms with E-state index in [-0.39, 0.29) is 5.75 Å². The minimum absolute atomic E-state index is 0.172. The van der Waals surface area contributed by atoms with Crippen LogP contribution < -0.4 is 5.32 Å². The Labute approximate surface area is 122 Å². The van der Waals surface area contributed by atoms with E-state index in [1.807, 2.05) is 0 Å². The molecule has 0 bridgehead atoms. The number of nitrogens with zero attached hydrogens (tertiary/aromatic N) is 1. The van der Waals surface area contributed by atoms with Crippen LogP contribution in [0.3, 0.4) is 0 Å². The Morgan fingerprint density at radius 1 is 1.30 bits per heavy atom. The Hall–Kier alpha value is -0.910. The number of aryl methyl sites for hydroxylation is 1. The van der Waals surface area contributed by atoms with E-state index in [1.54, 1.807) is 14.1 Å². The van der Waals surface area contributed by atoms with Crippen LogP contribution in [0.25, 0.3) is 0 Å². The molecule has 1 fully saturated rings. The summed E-state index contributed by atoms with van der Waals surface area (Å²) in [6.07, 6.45) is 2.21. The van der Waals surface area contributed by atoms with Gasteiger partial charge in [0.2, 0.25) is 10.0 Å². The molecule has 1 aliphatic carbocycles. The third-order valence-corrected chi connectivity index (χ3v) is 5.83. The summed E-state index contributed by atoms with van der Waals surface area (Å²) in [5.41, 5.74) is 2.71. The summed E-state index contributed by atoms with van der Waals surface area (Å²) in [6, 6.07) is 9.11. The van der Waals surface area contributed by atoms with Crippen molar-refractivity contribution in [3.8, 4) is 0 Å². The van der Waals surface area contributed by atoms with Gasteiger partial charge in [-0.15, -0.1) is 0 Å². The molecule has 0 radical (unpaired) electrons. The highest BCUT2D eigenvalue weighted by Gasteiger charge is 2.30. The van der Waals surface area contributed by atoms with E-state index in [0.717, 1.165) is 12.8 Å². The molecule has 2 rings (SSSR count). The average molecular weight is 296 g/mol. The van der Waals surface area contributed by atoms with E-state index in [4.69, 9.17) is 0 Å². The van der Waals surface area contributed by atoms with Crippen molar-refractivity contribution in [1.82, 2.24) is 9.62 Å². The van der Waals surface area contributed by atoms with E-state index in [1.165, 1.54) is 15.4 Å². The molecular weight excluding hydrogens is 272 g/mol. The zero-order valence-corrected chi connectivity index (χ0v) is 13.3. The van der Waals surface area contributed by atoms with Crippen LogP contribution in [0, 0.1) is 6.92 Å². The number of rotatable bonds is 6. The van der Waals surface area contributed by atoms with Crippen molar-refractivity contribution in [3.63, 3.8) is 0 Å². The first-order valence-corrected chi connectivity index (χ1v) is 8.69. The van der Waals surface area contributed by atoms with Crippen LogP contribution in [0.1, 0.15) is 29.9 Å². The lowest BCUT2D eigenvalue weighted by Gasteiger charge is -2.36. The lowest BCUT2D eigenvalue weighted by molar-refractivity contribution is 0.296. The number of hydrogen-bond donors (Lipinski definition) is 1. The average Bonchev–Trinajstić information content (AvgIpc) is 2.31. The molecule has 0 amide bonds. The van der Waals surface area contributed by atoms with E-state index < -0.39 is 10.0 Å². The van der Waals surface area contributed by atoms with Gasteiger partial charge in [0.1, 0.15) is 0 Å². The monoisotopic (exact) mass is 296 g/mol. The second-order valence-corrected chi connectivity index (χ2v) is 8.13. The predicted molar refractivity (Wildman–Crippen MR) is 82.4 cm³/mol. The van der Waals surface area contributed by atoms with Gasteiger partial charge in [-0.2, -0.15) is 0 Å². The Morgan fingerprint density at radius 3 is 2.60 bits per heavy atom. The maximum atomic E-state index is 11.6. The molecule has 1 aromatic carbocycles. The zero-order chi connectivity index (χ0) is 14.8. The van der Waals surface area contributed by atoms with Crippen molar-refractivity contribution in [3.05, 3.63) is 35.4 Å². The van der Waals surface area contributed by atoms with E-state index in [0.29, 0.717) is 18.5 Å². The molecule has 0 unspecified atom stereocenters. The fourth-order valence-corrected chi connectivity index (χ4v) is 3.30. The molecule has 5 heteroatoms. The van der Waals surface area contributed by atoms with Crippen molar-refractivity contribution in [2.24, 2.45) is 0 Å². The number of benzene rings is 1. The third kappa shape index (κ3) is 3.81. The quantitative estimate of drug-likeness (QED) is 0.869. The van der Waals surface area contributed by atoms with Crippen LogP contribution in [0.2, 0.25) is 0 Å². The van der Waals surface area contributed by atoms with E-state index in [2.05, 4.69) is 36.5 Å². The second-order valence-electron chi connectivity index (χ2n) is 5.83. The minimum Gasteiger partial charge on any atom is -0.313 e. The lowest BCUT2D eigenvalue weighted by atomic mass is 9.75. The summed E-state index contributed by atoms with van der Waals surface area (Å²) >= 11 is 0. The van der Waals surface area contributed by atoms with Gasteiger partial charge in [0.05, 0.1) is 5.75 Å². The summed E-state index contributed by atoms with van der Waals surface area (Å²) in [6.45, 7) is 2.65. The van der Waals surface area contributed by atoms with Crippen LogP contribution in [0.4, 0.5) is 0 Å². The number of hydrogen-bond acceptors (Lipinski definition) is 3. The smallest absolute Gasteiger partial charge is 0.214 e. The first kappa shape index (κ1) is 15.5. The highest BCUT2D eigenvalue weighted by atomic mass is 32.2. The van der Waals surface area contributed by atoms with Crippen LogP contribution in [-0.2, 0) is 10.0 Å². The number of nitrogens with one attached hydrogen (secondary N) is 1. The maximum absolute atomic E-state index is 11.6. The zero-order valence-electron chi connectivity index (χ0n) is 12.5. The van der Waals surface area contributed by atoms with E-state index >= 15 is 0 Å². The van der Waals surface area contributed by atoms with Crippen molar-refractivity contribution in [2.75, 3.05) is 26.4 Å². The SMILES string of the molecule is Cc1cccc(C2CC(NCCS(=O)(=O)N(C)C)C2)c1. The van der Waals surface area contributed by atoms with Gasteiger partial charge in [-0.1, -0.05) is 29.8 Å². The molecule has 20 heavy (non-hydrogen) atoms. The Kier molecular flexibility index (Phi) is 4.83. The molecule has 112 valence electrons. The van der Waals surface area contributed by atoms with Gasteiger partial charge < -0.3 is 5.32 Å². The minimum atomic E-state index is -3.08. The Balaban J connectivity index is 1.73. The maximum Gasteiger partial charge on any atom is 0.214 e. The molecule has 0 spiro atoms. The van der Waals surface area contributed by atoms with Gasteiger partial charge in [-0.05, 0) is 31.2 Å². The predicted octanol–water partition coefficient (Wildman–Crippen LogP) is 1.72. The molecule has 4 nitrogen and oxygen atoms in total. The van der Waals surface area contributed by atoms with Crippen molar-refractivity contribution in [2.45, 2.75) is 31.7 Å². The Bertz CT molecular complexity index is 549. The summed E-state index contributed by atoms with van der Waals surface area (Å²) in [4.78, 5) is 0. The molecule has 1 aromatic rings.